The number of carbonyl (C=O) groups is 4. The first-order chi connectivity index (χ1) is 14.2. The Balaban J connectivity index is 0.00000341. The number of amides is 2. The molecule has 4 N–H and O–H groups in total. The van der Waals surface area contributed by atoms with Crippen LogP contribution in [0.1, 0.15) is 12.6 Å². The zero-order valence-corrected chi connectivity index (χ0v) is 17.4. The molecule has 1 fully saturated rings. The third kappa shape index (κ3) is 5.20. The van der Waals surface area contributed by atoms with Crippen LogP contribution in [-0.2, 0) is 28.8 Å². The number of fused-ring (bicyclic) bond motifs is 1. The zero-order chi connectivity index (χ0) is 22.0. The molecule has 3 heterocycles. The second-order valence-corrected chi connectivity index (χ2v) is 8.09. The van der Waals surface area contributed by atoms with E-state index in [0.717, 1.165) is 16.2 Å². The number of ether oxygens (including phenoxy) is 1. The number of aromatic nitrogens is 1. The molecule has 0 aromatic carbocycles. The molecule has 0 saturated carbocycles. The summed E-state index contributed by atoms with van der Waals surface area (Å²) < 4.78 is 4.88. The molecule has 0 bridgehead atoms. The average molecular weight is 479 g/mol. The predicted molar refractivity (Wildman–Crippen MR) is 114 cm³/mol. The third-order valence-corrected chi connectivity index (χ3v) is 6.16. The number of carbonyl (C=O) groups excluding carboxylic acids is 3. The van der Waals surface area contributed by atoms with Gasteiger partial charge in [-0.2, -0.15) is 0 Å². The Morgan fingerprint density at radius 2 is 2.16 bits per heavy atom. The van der Waals surface area contributed by atoms with Crippen molar-refractivity contribution in [1.82, 2.24) is 15.2 Å². The summed E-state index contributed by atoms with van der Waals surface area (Å²) in [6.45, 7) is 0.975. The second-order valence-electron chi connectivity index (χ2n) is 6.09. The Morgan fingerprint density at radius 1 is 1.45 bits per heavy atom. The number of hydrogen-bond donors (Lipinski definition) is 3. The van der Waals surface area contributed by atoms with Crippen molar-refractivity contribution in [3.05, 3.63) is 22.3 Å². The van der Waals surface area contributed by atoms with Gasteiger partial charge in [-0.1, -0.05) is 5.16 Å². The number of aliphatic carboxylic acids is 1. The molecule has 0 radical (unpaired) electrons. The molecule has 0 spiro atoms. The number of nitrogen functional groups attached to an aromatic ring is 1. The molecule has 2 aliphatic heterocycles. The number of esters is 1. The van der Waals surface area contributed by atoms with E-state index in [9.17, 15) is 24.3 Å². The summed E-state index contributed by atoms with van der Waals surface area (Å²) in [7, 11) is 1.25. The van der Waals surface area contributed by atoms with Crippen LogP contribution < -0.4 is 11.1 Å². The zero-order valence-electron chi connectivity index (χ0n) is 15.8. The number of rotatable bonds is 7. The molecule has 162 valence electrons. The van der Waals surface area contributed by atoms with Crippen LogP contribution in [0.25, 0.3) is 0 Å². The minimum atomic E-state index is -1.32. The number of thioether (sulfide) groups is 1. The molecule has 15 heteroatoms. The molecule has 31 heavy (non-hydrogen) atoms. The van der Waals surface area contributed by atoms with Crippen LogP contribution in [0.2, 0.25) is 0 Å². The van der Waals surface area contributed by atoms with E-state index in [1.54, 1.807) is 0 Å². The number of nitrogens with two attached hydrogens (primary N) is 1. The first-order valence-corrected chi connectivity index (χ1v) is 10.3. The van der Waals surface area contributed by atoms with Crippen molar-refractivity contribution in [2.24, 2.45) is 5.16 Å². The Morgan fingerprint density at radius 3 is 2.71 bits per heavy atom. The van der Waals surface area contributed by atoms with Gasteiger partial charge in [-0.25, -0.2) is 9.78 Å². The number of hydrogen-bond acceptors (Lipinski definition) is 11. The SMILES string of the molecule is CO/N=C(\C(=O)NC1C(=O)N2C(C(=O)O)=C(COC(C)=O)CSC12)c1csc(N)n1.[NaH]. The molecule has 1 saturated heterocycles. The molecule has 2 atom stereocenters. The van der Waals surface area contributed by atoms with Crippen molar-refractivity contribution in [3.63, 3.8) is 0 Å². The van der Waals surface area contributed by atoms with E-state index in [4.69, 9.17) is 10.5 Å². The second kappa shape index (κ2) is 10.5. The number of carboxylic acid groups (broad SMARTS) is 1. The fourth-order valence-electron chi connectivity index (χ4n) is 2.88. The van der Waals surface area contributed by atoms with Crippen LogP contribution in [0, 0.1) is 0 Å². The predicted octanol–water partition coefficient (Wildman–Crippen LogP) is -1.27. The van der Waals surface area contributed by atoms with Crippen LogP contribution in [0.4, 0.5) is 5.13 Å². The Bertz CT molecular complexity index is 979. The van der Waals surface area contributed by atoms with E-state index in [-0.39, 0.29) is 64.2 Å². The van der Waals surface area contributed by atoms with Gasteiger partial charge in [0, 0.05) is 23.6 Å². The van der Waals surface area contributed by atoms with Crippen molar-refractivity contribution < 1.29 is 33.9 Å². The van der Waals surface area contributed by atoms with Crippen LogP contribution in [0.15, 0.2) is 21.8 Å². The average Bonchev–Trinajstić information content (AvgIpc) is 3.13. The van der Waals surface area contributed by atoms with Gasteiger partial charge in [0.2, 0.25) is 0 Å². The van der Waals surface area contributed by atoms with Gasteiger partial charge >= 0.3 is 41.5 Å². The van der Waals surface area contributed by atoms with Crippen LogP contribution in [0.5, 0.6) is 0 Å². The van der Waals surface area contributed by atoms with Crippen LogP contribution in [0.3, 0.4) is 0 Å². The van der Waals surface area contributed by atoms with Crippen LogP contribution >= 0.6 is 23.1 Å². The molecule has 3 rings (SSSR count). The monoisotopic (exact) mass is 479 g/mol. The van der Waals surface area contributed by atoms with Crippen molar-refractivity contribution in [2.75, 3.05) is 25.2 Å². The molecule has 1 aromatic rings. The van der Waals surface area contributed by atoms with Gasteiger partial charge in [0.25, 0.3) is 11.8 Å². The van der Waals surface area contributed by atoms with Crippen molar-refractivity contribution in [1.29, 1.82) is 0 Å². The number of carboxylic acids is 1. The summed E-state index contributed by atoms with van der Waals surface area (Å²) in [5, 5.41) is 16.9. The minimum absolute atomic E-state index is 0. The topological polar surface area (TPSA) is 174 Å². The maximum atomic E-state index is 12.7. The third-order valence-electron chi connectivity index (χ3n) is 4.15. The fraction of sp³-hybridized carbons (Fsp3) is 0.375. The van der Waals surface area contributed by atoms with E-state index < -0.39 is 35.2 Å². The van der Waals surface area contributed by atoms with E-state index in [2.05, 4.69) is 20.3 Å². The van der Waals surface area contributed by atoms with E-state index >= 15 is 0 Å². The Kier molecular flexibility index (Phi) is 8.48. The number of oxime groups is 1. The van der Waals surface area contributed by atoms with Gasteiger partial charge in [0.15, 0.2) is 10.8 Å². The number of nitrogens with one attached hydrogen (secondary N) is 1. The molecule has 12 nitrogen and oxygen atoms in total. The molecule has 2 amide bonds. The molecule has 2 unspecified atom stereocenters. The molecule has 2 aliphatic rings. The normalized spacial score (nSPS) is 20.3. The molecule has 0 aliphatic carbocycles. The van der Waals surface area contributed by atoms with E-state index in [1.165, 1.54) is 31.2 Å². The van der Waals surface area contributed by atoms with Gasteiger partial charge in [-0.15, -0.1) is 23.1 Å². The van der Waals surface area contributed by atoms with Gasteiger partial charge in [-0.05, 0) is 0 Å². The fourth-order valence-corrected chi connectivity index (χ4v) is 4.76. The van der Waals surface area contributed by atoms with Crippen molar-refractivity contribution >= 4 is 87.3 Å². The number of anilines is 1. The maximum absolute atomic E-state index is 12.7. The van der Waals surface area contributed by atoms with Crippen molar-refractivity contribution in [2.45, 2.75) is 18.3 Å². The molecular formula is C16H18N5NaO7S2. The standard InChI is InChI=1S/C16H17N5O7S2.Na.H/c1-6(22)28-3-7-4-29-14-10(13(24)21(14)11(7)15(25)26)19-12(23)9(20-27-2)8-5-30-16(17)18-8;;/h5,10,14H,3-4H2,1-2H3,(H2,17,18)(H,19,23)(H,25,26);;/b20-9-;;. The summed E-state index contributed by atoms with van der Waals surface area (Å²) >= 11 is 2.35. The van der Waals surface area contributed by atoms with Gasteiger partial charge in [0.05, 0.1) is 0 Å². The molecular weight excluding hydrogens is 461 g/mol. The van der Waals surface area contributed by atoms with Gasteiger partial charge in [0.1, 0.15) is 36.5 Å². The first kappa shape index (κ1) is 25.1. The van der Waals surface area contributed by atoms with E-state index in [0.29, 0.717) is 5.57 Å². The van der Waals surface area contributed by atoms with Gasteiger partial charge in [-0.3, -0.25) is 19.3 Å². The summed E-state index contributed by atoms with van der Waals surface area (Å²) in [6.07, 6.45) is 0. The first-order valence-electron chi connectivity index (χ1n) is 8.41. The Labute approximate surface area is 206 Å². The summed E-state index contributed by atoms with van der Waals surface area (Å²) in [5.74, 6) is -2.98. The van der Waals surface area contributed by atoms with Crippen LogP contribution in [-0.4, -0.2) is 105 Å². The Hall–Kier alpha value is -2.13. The summed E-state index contributed by atoms with van der Waals surface area (Å²) in [6, 6.07) is -0.967. The summed E-state index contributed by atoms with van der Waals surface area (Å²) in [5.41, 5.74) is 5.67. The van der Waals surface area contributed by atoms with Crippen molar-refractivity contribution in [3.8, 4) is 0 Å². The van der Waals surface area contributed by atoms with Gasteiger partial charge < -0.3 is 25.7 Å². The number of nitrogens with zero attached hydrogens (tertiary/aromatic N) is 3. The summed E-state index contributed by atoms with van der Waals surface area (Å²) in [4.78, 5) is 57.8. The number of β-lactam (4-membered cyclic amide) rings is 1. The quantitative estimate of drug-likeness (QED) is 0.141. The number of thiazole rings is 1. The molecule has 1 aromatic heterocycles. The van der Waals surface area contributed by atoms with E-state index in [1.807, 2.05) is 0 Å².